The first-order valence-corrected chi connectivity index (χ1v) is 10.1. The summed E-state index contributed by atoms with van der Waals surface area (Å²) in [6, 6.07) is 8.88. The molecule has 4 aromatic rings. The van der Waals surface area contributed by atoms with Crippen LogP contribution in [0.3, 0.4) is 0 Å². The number of alkyl halides is 3. The molecule has 1 N–H and O–H groups in total. The number of fused-ring (bicyclic) bond motifs is 1. The molecule has 10 heteroatoms. The topological polar surface area (TPSA) is 59.9 Å². The fourth-order valence-corrected chi connectivity index (χ4v) is 3.96. The van der Waals surface area contributed by atoms with Gasteiger partial charge in [-0.05, 0) is 30.2 Å². The third-order valence-electron chi connectivity index (χ3n) is 4.21. The Labute approximate surface area is 178 Å². The van der Waals surface area contributed by atoms with Crippen molar-refractivity contribution in [2.24, 2.45) is 0 Å². The smallest absolute Gasteiger partial charge is 0.416 e. The quantitative estimate of drug-likeness (QED) is 0.378. The maximum absolute atomic E-state index is 12.8. The molecule has 0 spiro atoms. The van der Waals surface area contributed by atoms with Gasteiger partial charge in [0.2, 0.25) is 5.88 Å². The Morgan fingerprint density at radius 1 is 1.10 bits per heavy atom. The van der Waals surface area contributed by atoms with Gasteiger partial charge in [0, 0.05) is 24.2 Å². The predicted molar refractivity (Wildman–Crippen MR) is 110 cm³/mol. The fourth-order valence-electron chi connectivity index (χ4n) is 2.83. The maximum Gasteiger partial charge on any atom is 0.416 e. The Hall–Kier alpha value is -2.91. The zero-order chi connectivity index (χ0) is 21.1. The van der Waals surface area contributed by atoms with E-state index in [4.69, 9.17) is 16.3 Å². The van der Waals surface area contributed by atoms with E-state index in [1.807, 2.05) is 11.4 Å². The molecule has 154 valence electrons. The summed E-state index contributed by atoms with van der Waals surface area (Å²) in [6.45, 7) is 0.573. The summed E-state index contributed by atoms with van der Waals surface area (Å²) in [4.78, 5) is 13.1. The van der Waals surface area contributed by atoms with Crippen molar-refractivity contribution in [1.82, 2.24) is 15.0 Å². The van der Waals surface area contributed by atoms with Crippen molar-refractivity contribution in [2.45, 2.75) is 12.6 Å². The van der Waals surface area contributed by atoms with Crippen LogP contribution in [0.5, 0.6) is 11.6 Å². The molecular weight excluding hydrogens is 437 g/mol. The standard InChI is InChI=1S/C20H14ClF3N4OS/c21-15-10-30-19-17(15)18(27-11-28-19)26-6-4-12-2-1-3-14(8-12)29-16-9-13(5-7-25-16)20(22,23)24/h1-3,5,7-11H,4,6H2,(H,26,27,28). The van der Waals surface area contributed by atoms with E-state index in [-0.39, 0.29) is 5.88 Å². The Bertz CT molecular complexity index is 1180. The zero-order valence-corrected chi connectivity index (χ0v) is 16.9. The fraction of sp³-hybridized carbons (Fsp3) is 0.150. The maximum atomic E-state index is 12.8. The number of rotatable bonds is 6. The molecule has 0 aliphatic heterocycles. The zero-order valence-electron chi connectivity index (χ0n) is 15.3. The molecule has 0 unspecified atom stereocenters. The highest BCUT2D eigenvalue weighted by Crippen LogP contribution is 2.33. The van der Waals surface area contributed by atoms with Crippen molar-refractivity contribution >= 4 is 39.0 Å². The van der Waals surface area contributed by atoms with Gasteiger partial charge >= 0.3 is 6.18 Å². The van der Waals surface area contributed by atoms with E-state index in [9.17, 15) is 13.2 Å². The highest BCUT2D eigenvalue weighted by molar-refractivity contribution is 7.17. The lowest BCUT2D eigenvalue weighted by molar-refractivity contribution is -0.137. The molecule has 5 nitrogen and oxygen atoms in total. The number of nitrogens with zero attached hydrogens (tertiary/aromatic N) is 3. The van der Waals surface area contributed by atoms with Crippen LogP contribution in [-0.2, 0) is 12.6 Å². The second kappa shape index (κ2) is 8.45. The molecule has 0 atom stereocenters. The molecule has 0 fully saturated rings. The van der Waals surface area contributed by atoms with Crippen LogP contribution < -0.4 is 10.1 Å². The predicted octanol–water partition coefficient (Wildman–Crippen LogP) is 6.21. The van der Waals surface area contributed by atoms with Crippen molar-refractivity contribution in [1.29, 1.82) is 0 Å². The summed E-state index contributed by atoms with van der Waals surface area (Å²) in [5.41, 5.74) is 0.129. The lowest BCUT2D eigenvalue weighted by atomic mass is 10.1. The number of hydrogen-bond acceptors (Lipinski definition) is 6. The highest BCUT2D eigenvalue weighted by Gasteiger charge is 2.31. The summed E-state index contributed by atoms with van der Waals surface area (Å²) < 4.78 is 44.0. The van der Waals surface area contributed by atoms with Crippen LogP contribution >= 0.6 is 22.9 Å². The first-order chi connectivity index (χ1) is 14.4. The molecule has 30 heavy (non-hydrogen) atoms. The number of benzene rings is 1. The van der Waals surface area contributed by atoms with Gasteiger partial charge in [-0.15, -0.1) is 11.3 Å². The van der Waals surface area contributed by atoms with E-state index in [2.05, 4.69) is 20.3 Å². The van der Waals surface area contributed by atoms with Crippen LogP contribution in [0.2, 0.25) is 5.02 Å². The first-order valence-electron chi connectivity index (χ1n) is 8.82. The lowest BCUT2D eigenvalue weighted by Gasteiger charge is -2.10. The molecule has 0 saturated heterocycles. The number of ether oxygens (including phenoxy) is 1. The molecule has 3 heterocycles. The van der Waals surface area contributed by atoms with Crippen molar-refractivity contribution in [3.05, 3.63) is 70.5 Å². The lowest BCUT2D eigenvalue weighted by Crippen LogP contribution is -2.07. The Morgan fingerprint density at radius 3 is 2.80 bits per heavy atom. The normalized spacial score (nSPS) is 11.6. The van der Waals surface area contributed by atoms with Gasteiger partial charge < -0.3 is 10.1 Å². The van der Waals surface area contributed by atoms with Gasteiger partial charge in [0.25, 0.3) is 0 Å². The number of halogens is 4. The third-order valence-corrected chi connectivity index (χ3v) is 5.53. The third kappa shape index (κ3) is 4.63. The van der Waals surface area contributed by atoms with E-state index < -0.39 is 11.7 Å². The largest absolute Gasteiger partial charge is 0.439 e. The number of aromatic nitrogens is 3. The van der Waals surface area contributed by atoms with Crippen molar-refractivity contribution in [3.8, 4) is 11.6 Å². The Morgan fingerprint density at radius 2 is 1.97 bits per heavy atom. The summed E-state index contributed by atoms with van der Waals surface area (Å²) in [7, 11) is 0. The van der Waals surface area contributed by atoms with Crippen molar-refractivity contribution < 1.29 is 17.9 Å². The van der Waals surface area contributed by atoms with Gasteiger partial charge in [0.15, 0.2) is 0 Å². The molecule has 0 bridgehead atoms. The van der Waals surface area contributed by atoms with E-state index in [1.54, 1.807) is 18.2 Å². The minimum absolute atomic E-state index is 0.115. The van der Waals surface area contributed by atoms with E-state index in [0.717, 1.165) is 34.1 Å². The van der Waals surface area contributed by atoms with Gasteiger partial charge in [-0.1, -0.05) is 23.7 Å². The summed E-state index contributed by atoms with van der Waals surface area (Å²) in [5, 5.41) is 6.45. The van der Waals surface area contributed by atoms with Gasteiger partial charge in [-0.2, -0.15) is 13.2 Å². The number of nitrogens with one attached hydrogen (secondary N) is 1. The summed E-state index contributed by atoms with van der Waals surface area (Å²) >= 11 is 7.66. The summed E-state index contributed by atoms with van der Waals surface area (Å²) in [5.74, 6) is 0.951. The van der Waals surface area contributed by atoms with Crippen LogP contribution in [0.25, 0.3) is 10.2 Å². The number of pyridine rings is 1. The van der Waals surface area contributed by atoms with Gasteiger partial charge in [0.1, 0.15) is 22.7 Å². The first kappa shape index (κ1) is 20.4. The van der Waals surface area contributed by atoms with Crippen LogP contribution in [0, 0.1) is 0 Å². The van der Waals surface area contributed by atoms with Crippen LogP contribution in [0.4, 0.5) is 19.0 Å². The minimum Gasteiger partial charge on any atom is -0.439 e. The Kier molecular flexibility index (Phi) is 5.74. The molecule has 0 amide bonds. The number of hydrogen-bond donors (Lipinski definition) is 1. The van der Waals surface area contributed by atoms with E-state index >= 15 is 0 Å². The van der Waals surface area contributed by atoms with Crippen LogP contribution in [0.1, 0.15) is 11.1 Å². The second-order valence-electron chi connectivity index (χ2n) is 6.29. The average Bonchev–Trinajstić information content (AvgIpc) is 3.10. The van der Waals surface area contributed by atoms with Gasteiger partial charge in [-0.25, -0.2) is 15.0 Å². The molecular formula is C20H14ClF3N4OS. The molecule has 4 rings (SSSR count). The summed E-state index contributed by atoms with van der Waals surface area (Å²) in [6.07, 6.45) is -1.26. The molecule has 3 aromatic heterocycles. The SMILES string of the molecule is FC(F)(F)c1ccnc(Oc2cccc(CCNc3ncnc4scc(Cl)c34)c2)c1. The number of thiophene rings is 1. The second-order valence-corrected chi connectivity index (χ2v) is 7.56. The van der Waals surface area contributed by atoms with Crippen molar-refractivity contribution in [3.63, 3.8) is 0 Å². The molecule has 1 aromatic carbocycles. The van der Waals surface area contributed by atoms with Gasteiger partial charge in [-0.3, -0.25) is 0 Å². The van der Waals surface area contributed by atoms with E-state index in [0.29, 0.717) is 29.6 Å². The monoisotopic (exact) mass is 450 g/mol. The van der Waals surface area contributed by atoms with E-state index in [1.165, 1.54) is 17.7 Å². The van der Waals surface area contributed by atoms with Gasteiger partial charge in [0.05, 0.1) is 16.0 Å². The van der Waals surface area contributed by atoms with Crippen molar-refractivity contribution in [2.75, 3.05) is 11.9 Å². The Balaban J connectivity index is 1.42. The van der Waals surface area contributed by atoms with Crippen LogP contribution in [-0.4, -0.2) is 21.5 Å². The minimum atomic E-state index is -4.45. The average molecular weight is 451 g/mol. The highest BCUT2D eigenvalue weighted by atomic mass is 35.5. The molecule has 0 aliphatic carbocycles. The van der Waals surface area contributed by atoms with Crippen LogP contribution in [0.15, 0.2) is 54.3 Å². The number of anilines is 1. The molecule has 0 aliphatic rings. The molecule has 0 radical (unpaired) electrons. The molecule has 0 saturated carbocycles.